The minimum Gasteiger partial charge on any atom is -0.504 e. The number of likely N-dealkylation sites (N-methyl/N-ethyl adjacent to an activating group) is 1. The SMILES string of the molecule is [CH2]CCCc1cc(O)c2c3c1C[C@@H]1[C@@H]4C=C[C@H](O)[C@H](O2)[C@]34CCN1C. The van der Waals surface area contributed by atoms with E-state index < -0.39 is 6.10 Å². The summed E-state index contributed by atoms with van der Waals surface area (Å²) in [6.07, 6.45) is 8.05. The highest BCUT2D eigenvalue weighted by molar-refractivity contribution is 5.64. The van der Waals surface area contributed by atoms with E-state index in [-0.39, 0.29) is 17.3 Å². The zero-order chi connectivity index (χ0) is 17.3. The van der Waals surface area contributed by atoms with Crippen molar-refractivity contribution in [3.8, 4) is 11.5 Å². The predicted molar refractivity (Wildman–Crippen MR) is 95.9 cm³/mol. The quantitative estimate of drug-likeness (QED) is 0.830. The number of phenols is 1. The molecule has 2 N–H and O–H groups in total. The average molecular weight is 340 g/mol. The first-order chi connectivity index (χ1) is 12.1. The number of aliphatic hydroxyl groups excluding tert-OH is 1. The first-order valence-corrected chi connectivity index (χ1v) is 9.48. The van der Waals surface area contributed by atoms with E-state index in [0.29, 0.717) is 17.7 Å². The molecule has 4 aliphatic rings. The lowest BCUT2D eigenvalue weighted by atomic mass is 9.53. The molecular weight excluding hydrogens is 314 g/mol. The second-order valence-electron chi connectivity index (χ2n) is 8.18. The van der Waals surface area contributed by atoms with Gasteiger partial charge in [-0.1, -0.05) is 25.5 Å². The van der Waals surface area contributed by atoms with Gasteiger partial charge in [0.05, 0.1) is 0 Å². The Bertz CT molecular complexity index is 758. The number of aryl methyl sites for hydroxylation is 1. The topological polar surface area (TPSA) is 52.9 Å². The van der Waals surface area contributed by atoms with E-state index in [0.717, 1.165) is 38.6 Å². The second-order valence-corrected chi connectivity index (χ2v) is 8.18. The van der Waals surface area contributed by atoms with Crippen LogP contribution in [0.15, 0.2) is 18.2 Å². The van der Waals surface area contributed by atoms with E-state index in [9.17, 15) is 10.2 Å². The van der Waals surface area contributed by atoms with Gasteiger partial charge in [-0.25, -0.2) is 0 Å². The summed E-state index contributed by atoms with van der Waals surface area (Å²) in [6.45, 7) is 4.97. The first-order valence-electron chi connectivity index (χ1n) is 9.48. The van der Waals surface area contributed by atoms with Crippen LogP contribution in [0.25, 0.3) is 0 Å². The number of hydrogen-bond donors (Lipinski definition) is 2. The Morgan fingerprint density at radius 3 is 3.04 bits per heavy atom. The molecule has 4 nitrogen and oxygen atoms in total. The molecule has 0 saturated carbocycles. The number of benzene rings is 1. The van der Waals surface area contributed by atoms with Crippen LogP contribution in [0.4, 0.5) is 0 Å². The number of piperidine rings is 1. The molecule has 25 heavy (non-hydrogen) atoms. The van der Waals surface area contributed by atoms with Crippen LogP contribution in [0.1, 0.15) is 36.0 Å². The Balaban J connectivity index is 1.77. The Hall–Kier alpha value is -1.52. The molecule has 2 heterocycles. The van der Waals surface area contributed by atoms with Crippen molar-refractivity contribution in [1.29, 1.82) is 0 Å². The molecule has 0 amide bonds. The van der Waals surface area contributed by atoms with Crippen LogP contribution >= 0.6 is 0 Å². The molecule has 0 aromatic heterocycles. The molecule has 1 aromatic carbocycles. The lowest BCUT2D eigenvalue weighted by molar-refractivity contribution is -0.0454. The summed E-state index contributed by atoms with van der Waals surface area (Å²) >= 11 is 0. The minimum absolute atomic E-state index is 0.188. The lowest BCUT2D eigenvalue weighted by Gasteiger charge is -2.56. The summed E-state index contributed by atoms with van der Waals surface area (Å²) in [4.78, 5) is 2.47. The van der Waals surface area contributed by atoms with Crippen LogP contribution in [0, 0.1) is 12.8 Å². The van der Waals surface area contributed by atoms with E-state index >= 15 is 0 Å². The van der Waals surface area contributed by atoms with Crippen LogP contribution in [0.5, 0.6) is 11.5 Å². The average Bonchev–Trinajstić information content (AvgIpc) is 2.95. The molecule has 1 radical (unpaired) electrons. The summed E-state index contributed by atoms with van der Waals surface area (Å²) in [5, 5.41) is 21.3. The molecule has 133 valence electrons. The van der Waals surface area contributed by atoms with Crippen molar-refractivity contribution in [2.24, 2.45) is 5.92 Å². The van der Waals surface area contributed by atoms with Crippen molar-refractivity contribution in [3.63, 3.8) is 0 Å². The fourth-order valence-electron chi connectivity index (χ4n) is 5.94. The second kappa shape index (κ2) is 5.24. The largest absolute Gasteiger partial charge is 0.504 e. The smallest absolute Gasteiger partial charge is 0.165 e. The molecule has 2 aliphatic heterocycles. The van der Waals surface area contributed by atoms with Crippen LogP contribution in [0.2, 0.25) is 0 Å². The van der Waals surface area contributed by atoms with E-state index in [4.69, 9.17) is 4.74 Å². The maximum absolute atomic E-state index is 10.7. The number of nitrogens with zero attached hydrogens (tertiary/aromatic N) is 1. The van der Waals surface area contributed by atoms with Crippen LogP contribution < -0.4 is 4.74 Å². The van der Waals surface area contributed by atoms with Crippen molar-refractivity contribution < 1.29 is 14.9 Å². The molecule has 0 unspecified atom stereocenters. The van der Waals surface area contributed by atoms with Gasteiger partial charge in [-0.05, 0) is 56.5 Å². The summed E-state index contributed by atoms with van der Waals surface area (Å²) in [7, 11) is 2.21. The van der Waals surface area contributed by atoms with E-state index in [1.807, 2.05) is 12.1 Å². The highest BCUT2D eigenvalue weighted by atomic mass is 16.5. The third-order valence-electron chi connectivity index (χ3n) is 7.07. The highest BCUT2D eigenvalue weighted by Crippen LogP contribution is 2.63. The molecule has 1 aromatic rings. The van der Waals surface area contributed by atoms with Gasteiger partial charge in [0.25, 0.3) is 0 Å². The molecule has 1 spiro atoms. The Labute approximate surface area is 149 Å². The number of aliphatic hydroxyl groups is 1. The van der Waals surface area contributed by atoms with E-state index in [1.165, 1.54) is 16.7 Å². The van der Waals surface area contributed by atoms with Gasteiger partial charge in [0.2, 0.25) is 0 Å². The Morgan fingerprint density at radius 2 is 2.24 bits per heavy atom. The molecule has 2 bridgehead atoms. The van der Waals surface area contributed by atoms with Gasteiger partial charge in [-0.2, -0.15) is 0 Å². The monoisotopic (exact) mass is 340 g/mol. The number of phenolic OH excluding ortho intramolecular Hbond substituents is 1. The van der Waals surface area contributed by atoms with Gasteiger partial charge in [0, 0.05) is 22.9 Å². The van der Waals surface area contributed by atoms with Crippen molar-refractivity contribution in [1.82, 2.24) is 4.90 Å². The number of unbranched alkanes of at least 4 members (excludes halogenated alkanes) is 1. The number of ether oxygens (including phenoxy) is 1. The van der Waals surface area contributed by atoms with Gasteiger partial charge in [-0.3, -0.25) is 0 Å². The standard InChI is InChI=1S/C21H26NO3/c1-3-4-5-12-10-17(24)19-18-13(12)11-15-14-6-7-16(23)20(25-19)21(14,18)8-9-22(15)2/h6-7,10,14-16,20,23-24H,1,3-5,8-9,11H2,2H3/t14-,15+,16-,20-,21-/m0/s1. The fraction of sp³-hybridized carbons (Fsp3) is 0.571. The van der Waals surface area contributed by atoms with Gasteiger partial charge in [-0.15, -0.1) is 0 Å². The van der Waals surface area contributed by atoms with Crippen LogP contribution in [0.3, 0.4) is 0 Å². The molecule has 2 aliphatic carbocycles. The number of rotatable bonds is 3. The van der Waals surface area contributed by atoms with Crippen LogP contribution in [-0.4, -0.2) is 47.0 Å². The third-order valence-corrected chi connectivity index (χ3v) is 7.07. The Morgan fingerprint density at radius 1 is 1.40 bits per heavy atom. The highest BCUT2D eigenvalue weighted by Gasteiger charge is 2.64. The summed E-state index contributed by atoms with van der Waals surface area (Å²) in [6, 6.07) is 2.33. The zero-order valence-electron chi connectivity index (χ0n) is 14.7. The normalized spacial score (nSPS) is 37.7. The molecule has 4 heteroatoms. The predicted octanol–water partition coefficient (Wildman–Crippen LogP) is 2.35. The molecule has 1 fully saturated rings. The number of likely N-dealkylation sites (tertiary alicyclic amines) is 1. The molecule has 5 rings (SSSR count). The van der Waals surface area contributed by atoms with E-state index in [1.54, 1.807) is 0 Å². The van der Waals surface area contributed by atoms with Gasteiger partial charge >= 0.3 is 0 Å². The third kappa shape index (κ3) is 1.85. The maximum Gasteiger partial charge on any atom is 0.165 e. The van der Waals surface area contributed by atoms with Crippen molar-refractivity contribution in [2.45, 2.75) is 55.8 Å². The molecule has 1 saturated heterocycles. The van der Waals surface area contributed by atoms with Crippen molar-refractivity contribution in [3.05, 3.63) is 41.8 Å². The molecule has 5 atom stereocenters. The van der Waals surface area contributed by atoms with Crippen LogP contribution in [-0.2, 0) is 18.3 Å². The summed E-state index contributed by atoms with van der Waals surface area (Å²) in [5.74, 6) is 1.22. The van der Waals surface area contributed by atoms with Gasteiger partial charge in [0.15, 0.2) is 11.5 Å². The van der Waals surface area contributed by atoms with E-state index in [2.05, 4.69) is 24.9 Å². The molecular formula is C21H26NO3. The lowest BCUT2D eigenvalue weighted by Crippen LogP contribution is -2.64. The zero-order valence-corrected chi connectivity index (χ0v) is 14.7. The maximum atomic E-state index is 10.7. The Kier molecular flexibility index (Phi) is 3.29. The number of aromatic hydroxyl groups is 1. The first kappa shape index (κ1) is 15.7. The van der Waals surface area contributed by atoms with Gasteiger partial charge in [0.1, 0.15) is 12.2 Å². The van der Waals surface area contributed by atoms with Crippen molar-refractivity contribution >= 4 is 0 Å². The van der Waals surface area contributed by atoms with Crippen molar-refractivity contribution in [2.75, 3.05) is 13.6 Å². The fourth-order valence-corrected chi connectivity index (χ4v) is 5.94. The van der Waals surface area contributed by atoms with Gasteiger partial charge < -0.3 is 19.8 Å². The number of hydrogen-bond acceptors (Lipinski definition) is 4. The minimum atomic E-state index is -0.610. The summed E-state index contributed by atoms with van der Waals surface area (Å²) in [5.41, 5.74) is 3.62. The summed E-state index contributed by atoms with van der Waals surface area (Å²) < 4.78 is 6.23.